The van der Waals surface area contributed by atoms with Gasteiger partial charge in [0.15, 0.2) is 0 Å². The zero-order chi connectivity index (χ0) is 13.1. The third-order valence-electron chi connectivity index (χ3n) is 2.90. The molecule has 4 nitrogen and oxygen atoms in total. The second-order valence-corrected chi connectivity index (χ2v) is 6.04. The van der Waals surface area contributed by atoms with E-state index in [0.717, 1.165) is 25.8 Å². The van der Waals surface area contributed by atoms with Crippen molar-refractivity contribution in [2.45, 2.75) is 71.1 Å². The van der Waals surface area contributed by atoms with Crippen LogP contribution in [0.1, 0.15) is 53.4 Å². The topological polar surface area (TPSA) is 55.6 Å². The van der Waals surface area contributed by atoms with Crippen LogP contribution < -0.4 is 5.73 Å². The zero-order valence-corrected chi connectivity index (χ0v) is 11.5. The summed E-state index contributed by atoms with van der Waals surface area (Å²) in [5, 5.41) is 0. The standard InChI is InChI=1S/C13H26N2O2/c1-10(14)9-11-7-5-6-8-15(11)12(16)17-13(2,3)4/h10-11H,5-9,14H2,1-4H3. The van der Waals surface area contributed by atoms with Crippen molar-refractivity contribution >= 4 is 6.09 Å². The number of carbonyl (C=O) groups is 1. The molecule has 0 aromatic rings. The molecule has 2 unspecified atom stereocenters. The zero-order valence-electron chi connectivity index (χ0n) is 11.5. The van der Waals surface area contributed by atoms with E-state index >= 15 is 0 Å². The maximum absolute atomic E-state index is 12.1. The number of nitrogens with two attached hydrogens (primary N) is 1. The normalized spacial score (nSPS) is 23.4. The summed E-state index contributed by atoms with van der Waals surface area (Å²) in [4.78, 5) is 13.9. The van der Waals surface area contributed by atoms with Crippen LogP contribution in [-0.4, -0.2) is 35.2 Å². The molecule has 17 heavy (non-hydrogen) atoms. The Balaban J connectivity index is 2.61. The Morgan fingerprint density at radius 2 is 2.12 bits per heavy atom. The van der Waals surface area contributed by atoms with Crippen molar-refractivity contribution in [3.63, 3.8) is 0 Å². The molecule has 0 bridgehead atoms. The Hall–Kier alpha value is -0.770. The second-order valence-electron chi connectivity index (χ2n) is 6.04. The van der Waals surface area contributed by atoms with Gasteiger partial charge in [0.1, 0.15) is 5.60 Å². The van der Waals surface area contributed by atoms with Crippen LogP contribution in [0.15, 0.2) is 0 Å². The highest BCUT2D eigenvalue weighted by Gasteiger charge is 2.30. The lowest BCUT2D eigenvalue weighted by atomic mass is 9.97. The minimum atomic E-state index is -0.423. The lowest BCUT2D eigenvalue weighted by Gasteiger charge is -2.37. The number of carbonyl (C=O) groups excluding carboxylic acids is 1. The predicted molar refractivity (Wildman–Crippen MR) is 68.8 cm³/mol. The molecule has 1 aliphatic heterocycles. The maximum Gasteiger partial charge on any atom is 0.410 e. The molecule has 0 saturated carbocycles. The van der Waals surface area contributed by atoms with Gasteiger partial charge in [-0.1, -0.05) is 0 Å². The van der Waals surface area contributed by atoms with Gasteiger partial charge in [0, 0.05) is 18.6 Å². The summed E-state index contributed by atoms with van der Waals surface area (Å²) in [6.45, 7) is 8.48. The van der Waals surface area contributed by atoms with Crippen molar-refractivity contribution in [1.29, 1.82) is 0 Å². The molecule has 1 rings (SSSR count). The minimum Gasteiger partial charge on any atom is -0.444 e. The fourth-order valence-electron chi connectivity index (χ4n) is 2.24. The summed E-state index contributed by atoms with van der Waals surface area (Å²) < 4.78 is 5.44. The van der Waals surface area contributed by atoms with Gasteiger partial charge in [0.05, 0.1) is 0 Å². The summed E-state index contributed by atoms with van der Waals surface area (Å²) in [5.41, 5.74) is 5.41. The highest BCUT2D eigenvalue weighted by Crippen LogP contribution is 2.23. The van der Waals surface area contributed by atoms with Crippen LogP contribution >= 0.6 is 0 Å². The van der Waals surface area contributed by atoms with Gasteiger partial charge in [0.2, 0.25) is 0 Å². The van der Waals surface area contributed by atoms with E-state index in [4.69, 9.17) is 10.5 Å². The summed E-state index contributed by atoms with van der Waals surface area (Å²) in [7, 11) is 0. The van der Waals surface area contributed by atoms with Crippen molar-refractivity contribution in [2.24, 2.45) is 5.73 Å². The first-order valence-electron chi connectivity index (χ1n) is 6.55. The van der Waals surface area contributed by atoms with E-state index in [9.17, 15) is 4.79 Å². The molecule has 0 aromatic heterocycles. The first-order chi connectivity index (χ1) is 7.79. The van der Waals surface area contributed by atoms with Gasteiger partial charge in [-0.15, -0.1) is 0 Å². The van der Waals surface area contributed by atoms with Crippen LogP contribution in [0.4, 0.5) is 4.79 Å². The number of likely N-dealkylation sites (tertiary alicyclic amines) is 1. The lowest BCUT2D eigenvalue weighted by molar-refractivity contribution is 0.00834. The number of piperidine rings is 1. The number of rotatable bonds is 2. The molecule has 1 aliphatic rings. The van der Waals surface area contributed by atoms with Crippen molar-refractivity contribution in [3.05, 3.63) is 0 Å². The minimum absolute atomic E-state index is 0.128. The van der Waals surface area contributed by atoms with E-state index in [0.29, 0.717) is 0 Å². The molecular formula is C13H26N2O2. The van der Waals surface area contributed by atoms with Crippen LogP contribution in [0.2, 0.25) is 0 Å². The van der Waals surface area contributed by atoms with Crippen molar-refractivity contribution in [1.82, 2.24) is 4.90 Å². The van der Waals surface area contributed by atoms with E-state index in [-0.39, 0.29) is 18.2 Å². The highest BCUT2D eigenvalue weighted by atomic mass is 16.6. The molecule has 0 aromatic carbocycles. The lowest BCUT2D eigenvalue weighted by Crippen LogP contribution is -2.47. The van der Waals surface area contributed by atoms with Gasteiger partial charge in [-0.25, -0.2) is 4.79 Å². The van der Waals surface area contributed by atoms with Gasteiger partial charge in [-0.2, -0.15) is 0 Å². The molecule has 4 heteroatoms. The van der Waals surface area contributed by atoms with Gasteiger partial charge in [-0.05, 0) is 53.4 Å². The van der Waals surface area contributed by atoms with E-state index < -0.39 is 5.60 Å². The Morgan fingerprint density at radius 3 is 2.65 bits per heavy atom. The van der Waals surface area contributed by atoms with Crippen LogP contribution in [0.5, 0.6) is 0 Å². The summed E-state index contributed by atoms with van der Waals surface area (Å²) in [6.07, 6.45) is 3.95. The highest BCUT2D eigenvalue weighted by molar-refractivity contribution is 5.68. The molecule has 0 aliphatic carbocycles. The monoisotopic (exact) mass is 242 g/mol. The number of ether oxygens (including phenoxy) is 1. The van der Waals surface area contributed by atoms with Crippen LogP contribution in [-0.2, 0) is 4.74 Å². The van der Waals surface area contributed by atoms with Crippen LogP contribution in [0, 0.1) is 0 Å². The Kier molecular flexibility index (Phi) is 4.80. The molecule has 1 fully saturated rings. The Morgan fingerprint density at radius 1 is 1.47 bits per heavy atom. The van der Waals surface area contributed by atoms with Crippen LogP contribution in [0.25, 0.3) is 0 Å². The summed E-state index contributed by atoms with van der Waals surface area (Å²) in [6, 6.07) is 0.377. The largest absolute Gasteiger partial charge is 0.444 e. The molecule has 2 atom stereocenters. The van der Waals surface area contributed by atoms with E-state index in [1.807, 2.05) is 32.6 Å². The second kappa shape index (κ2) is 5.71. The predicted octanol–water partition coefficient (Wildman–Crippen LogP) is 2.51. The fourth-order valence-corrected chi connectivity index (χ4v) is 2.24. The van der Waals surface area contributed by atoms with Crippen molar-refractivity contribution in [3.8, 4) is 0 Å². The summed E-state index contributed by atoms with van der Waals surface area (Å²) >= 11 is 0. The molecule has 100 valence electrons. The van der Waals surface area contributed by atoms with Gasteiger partial charge in [-0.3, -0.25) is 0 Å². The van der Waals surface area contributed by atoms with Crippen molar-refractivity contribution < 1.29 is 9.53 Å². The third-order valence-corrected chi connectivity index (χ3v) is 2.90. The molecule has 2 N–H and O–H groups in total. The van der Waals surface area contributed by atoms with Crippen LogP contribution in [0.3, 0.4) is 0 Å². The molecule has 1 heterocycles. The molecule has 0 spiro atoms. The quantitative estimate of drug-likeness (QED) is 0.809. The third kappa shape index (κ3) is 4.94. The van der Waals surface area contributed by atoms with E-state index in [1.165, 1.54) is 6.42 Å². The van der Waals surface area contributed by atoms with E-state index in [1.54, 1.807) is 0 Å². The SMILES string of the molecule is CC(N)CC1CCCCN1C(=O)OC(C)(C)C. The van der Waals surface area contributed by atoms with E-state index in [2.05, 4.69) is 0 Å². The number of nitrogens with zero attached hydrogens (tertiary/aromatic N) is 1. The smallest absolute Gasteiger partial charge is 0.410 e. The average molecular weight is 242 g/mol. The fraction of sp³-hybridized carbons (Fsp3) is 0.923. The number of amides is 1. The van der Waals surface area contributed by atoms with Gasteiger partial charge in [0.25, 0.3) is 0 Å². The maximum atomic E-state index is 12.1. The molecule has 1 saturated heterocycles. The first kappa shape index (κ1) is 14.3. The summed E-state index contributed by atoms with van der Waals surface area (Å²) in [5.74, 6) is 0. The number of hydrogen-bond acceptors (Lipinski definition) is 3. The first-order valence-corrected chi connectivity index (χ1v) is 6.55. The Labute approximate surface area is 104 Å². The molecule has 1 amide bonds. The number of hydrogen-bond donors (Lipinski definition) is 1. The van der Waals surface area contributed by atoms with Gasteiger partial charge < -0.3 is 15.4 Å². The molecule has 0 radical (unpaired) electrons. The average Bonchev–Trinajstić information content (AvgIpc) is 2.14. The Bertz CT molecular complexity index is 259. The van der Waals surface area contributed by atoms with Gasteiger partial charge >= 0.3 is 6.09 Å². The molecular weight excluding hydrogens is 216 g/mol. The van der Waals surface area contributed by atoms with Crippen molar-refractivity contribution in [2.75, 3.05) is 6.54 Å².